The van der Waals surface area contributed by atoms with Gasteiger partial charge in [0.2, 0.25) is 0 Å². The van der Waals surface area contributed by atoms with Crippen molar-refractivity contribution in [3.8, 4) is 0 Å². The number of hydrogen-bond acceptors (Lipinski definition) is 1. The van der Waals surface area contributed by atoms with Gasteiger partial charge in [0.25, 0.3) is 0 Å². The zero-order valence-electron chi connectivity index (χ0n) is 6.89. The predicted molar refractivity (Wildman–Crippen MR) is 50.7 cm³/mol. The summed E-state index contributed by atoms with van der Waals surface area (Å²) in [6.07, 6.45) is 4.08. The highest BCUT2D eigenvalue weighted by atomic mass is 79.9. The van der Waals surface area contributed by atoms with Crippen molar-refractivity contribution in [1.82, 2.24) is 4.98 Å². The van der Waals surface area contributed by atoms with Gasteiger partial charge < -0.3 is 0 Å². The normalized spacial score (nSPS) is 10.1. The molecule has 1 aromatic rings. The summed E-state index contributed by atoms with van der Waals surface area (Å²) in [5, 5.41) is 0. The summed E-state index contributed by atoms with van der Waals surface area (Å²) in [7, 11) is 0. The van der Waals surface area contributed by atoms with Gasteiger partial charge in [-0.1, -0.05) is 29.3 Å². The van der Waals surface area contributed by atoms with Gasteiger partial charge in [-0.15, -0.1) is 0 Å². The number of hydrogen-bond donors (Lipinski definition) is 0. The van der Waals surface area contributed by atoms with Crippen LogP contribution in [0.2, 0.25) is 0 Å². The average Bonchev–Trinajstić information content (AvgIpc) is 1.99. The van der Waals surface area contributed by atoms with Crippen LogP contribution in [0.5, 0.6) is 0 Å². The van der Waals surface area contributed by atoms with Crippen molar-refractivity contribution in [2.75, 3.05) is 0 Å². The van der Waals surface area contributed by atoms with Crippen molar-refractivity contribution < 1.29 is 0 Å². The Bertz CT molecular complexity index is 245. The molecule has 0 N–H and O–H groups in total. The van der Waals surface area contributed by atoms with E-state index in [1.807, 2.05) is 12.3 Å². The van der Waals surface area contributed by atoms with Gasteiger partial charge in [0.15, 0.2) is 0 Å². The van der Waals surface area contributed by atoms with Gasteiger partial charge in [0.1, 0.15) is 0 Å². The summed E-state index contributed by atoms with van der Waals surface area (Å²) in [4.78, 5) is 4.30. The van der Waals surface area contributed by atoms with E-state index >= 15 is 0 Å². The molecule has 1 aromatic heterocycles. The highest BCUT2D eigenvalue weighted by Gasteiger charge is 2.00. The SMILES string of the molecule is CCCc1nccc(Br)c1C. The summed E-state index contributed by atoms with van der Waals surface area (Å²) >= 11 is 3.48. The topological polar surface area (TPSA) is 12.9 Å². The highest BCUT2D eigenvalue weighted by molar-refractivity contribution is 9.10. The van der Waals surface area contributed by atoms with Crippen molar-refractivity contribution >= 4 is 15.9 Å². The minimum absolute atomic E-state index is 1.07. The van der Waals surface area contributed by atoms with Gasteiger partial charge in [-0.3, -0.25) is 4.98 Å². The van der Waals surface area contributed by atoms with Gasteiger partial charge in [-0.2, -0.15) is 0 Å². The number of nitrogens with zero attached hydrogens (tertiary/aromatic N) is 1. The van der Waals surface area contributed by atoms with Crippen LogP contribution in [0.4, 0.5) is 0 Å². The molecule has 60 valence electrons. The standard InChI is InChI=1S/C9H12BrN/c1-3-4-9-7(2)8(10)5-6-11-9/h5-6H,3-4H2,1-2H3. The summed E-state index contributed by atoms with van der Waals surface area (Å²) in [6, 6.07) is 1.98. The highest BCUT2D eigenvalue weighted by Crippen LogP contribution is 2.17. The Balaban J connectivity index is 2.96. The maximum Gasteiger partial charge on any atom is 0.0443 e. The molecule has 1 rings (SSSR count). The summed E-state index contributed by atoms with van der Waals surface area (Å²) in [5.74, 6) is 0. The Labute approximate surface area is 76.0 Å². The van der Waals surface area contributed by atoms with Crippen LogP contribution in [0, 0.1) is 6.92 Å². The third-order valence-electron chi connectivity index (χ3n) is 1.73. The number of halogens is 1. The molecule has 0 aliphatic rings. The van der Waals surface area contributed by atoms with E-state index in [0.717, 1.165) is 17.3 Å². The molecular formula is C9H12BrN. The van der Waals surface area contributed by atoms with Crippen LogP contribution < -0.4 is 0 Å². The third kappa shape index (κ3) is 2.03. The fraction of sp³-hybridized carbons (Fsp3) is 0.444. The first-order valence-electron chi connectivity index (χ1n) is 3.85. The monoisotopic (exact) mass is 213 g/mol. The van der Waals surface area contributed by atoms with Crippen molar-refractivity contribution in [3.05, 3.63) is 28.0 Å². The van der Waals surface area contributed by atoms with E-state index in [4.69, 9.17) is 0 Å². The molecule has 0 unspecified atom stereocenters. The smallest absolute Gasteiger partial charge is 0.0443 e. The van der Waals surface area contributed by atoms with Gasteiger partial charge >= 0.3 is 0 Å². The van der Waals surface area contributed by atoms with Crippen LogP contribution in [-0.2, 0) is 6.42 Å². The molecule has 0 fully saturated rings. The van der Waals surface area contributed by atoms with E-state index in [0.29, 0.717) is 0 Å². The second kappa shape index (κ2) is 3.86. The molecule has 2 heteroatoms. The van der Waals surface area contributed by atoms with Crippen LogP contribution in [0.15, 0.2) is 16.7 Å². The van der Waals surface area contributed by atoms with Crippen LogP contribution in [0.1, 0.15) is 24.6 Å². The largest absolute Gasteiger partial charge is 0.261 e. The van der Waals surface area contributed by atoms with E-state index in [1.54, 1.807) is 0 Å². The first-order chi connectivity index (χ1) is 5.25. The Morgan fingerprint density at radius 3 is 2.91 bits per heavy atom. The summed E-state index contributed by atoms with van der Waals surface area (Å²) in [6.45, 7) is 4.27. The molecule has 0 bridgehead atoms. The molecule has 0 amide bonds. The Kier molecular flexibility index (Phi) is 3.06. The van der Waals surface area contributed by atoms with Crippen molar-refractivity contribution in [1.29, 1.82) is 0 Å². The van der Waals surface area contributed by atoms with Crippen LogP contribution in [-0.4, -0.2) is 4.98 Å². The lowest BCUT2D eigenvalue weighted by Crippen LogP contribution is -1.93. The second-order valence-electron chi connectivity index (χ2n) is 2.61. The lowest BCUT2D eigenvalue weighted by atomic mass is 10.1. The van der Waals surface area contributed by atoms with Gasteiger partial charge in [0, 0.05) is 16.4 Å². The van der Waals surface area contributed by atoms with E-state index in [-0.39, 0.29) is 0 Å². The average molecular weight is 214 g/mol. The van der Waals surface area contributed by atoms with E-state index in [2.05, 4.69) is 34.8 Å². The van der Waals surface area contributed by atoms with Gasteiger partial charge in [0.05, 0.1) is 0 Å². The Hall–Kier alpha value is -0.370. The first kappa shape index (κ1) is 8.72. The molecule has 1 heterocycles. The van der Waals surface area contributed by atoms with Crippen molar-refractivity contribution in [2.45, 2.75) is 26.7 Å². The van der Waals surface area contributed by atoms with Gasteiger partial charge in [-0.25, -0.2) is 0 Å². The molecule has 0 aliphatic carbocycles. The zero-order chi connectivity index (χ0) is 8.27. The number of pyridine rings is 1. The van der Waals surface area contributed by atoms with Crippen molar-refractivity contribution in [2.24, 2.45) is 0 Å². The molecule has 11 heavy (non-hydrogen) atoms. The first-order valence-corrected chi connectivity index (χ1v) is 4.65. The van der Waals surface area contributed by atoms with Crippen LogP contribution >= 0.6 is 15.9 Å². The second-order valence-corrected chi connectivity index (χ2v) is 3.47. The molecule has 0 saturated heterocycles. The molecule has 0 aromatic carbocycles. The maximum atomic E-state index is 4.30. The molecule has 1 nitrogen and oxygen atoms in total. The molecule has 0 radical (unpaired) electrons. The van der Waals surface area contributed by atoms with Gasteiger partial charge in [-0.05, 0) is 25.0 Å². The molecule has 0 aliphatic heterocycles. The molecule has 0 spiro atoms. The summed E-state index contributed by atoms with van der Waals surface area (Å²) < 4.78 is 1.16. The molecule has 0 saturated carbocycles. The molecule has 0 atom stereocenters. The Morgan fingerprint density at radius 2 is 2.27 bits per heavy atom. The minimum Gasteiger partial charge on any atom is -0.261 e. The summed E-state index contributed by atoms with van der Waals surface area (Å²) in [5.41, 5.74) is 2.48. The number of rotatable bonds is 2. The fourth-order valence-corrected chi connectivity index (χ4v) is 1.39. The number of aryl methyl sites for hydroxylation is 1. The van der Waals surface area contributed by atoms with E-state index in [9.17, 15) is 0 Å². The zero-order valence-corrected chi connectivity index (χ0v) is 8.48. The lowest BCUT2D eigenvalue weighted by Gasteiger charge is -2.03. The Morgan fingerprint density at radius 1 is 1.55 bits per heavy atom. The maximum absolute atomic E-state index is 4.30. The quantitative estimate of drug-likeness (QED) is 0.737. The predicted octanol–water partition coefficient (Wildman–Crippen LogP) is 3.11. The van der Waals surface area contributed by atoms with Crippen LogP contribution in [0.3, 0.4) is 0 Å². The van der Waals surface area contributed by atoms with Crippen LogP contribution in [0.25, 0.3) is 0 Å². The fourth-order valence-electron chi connectivity index (χ4n) is 1.04. The van der Waals surface area contributed by atoms with E-state index < -0.39 is 0 Å². The minimum atomic E-state index is 1.07. The lowest BCUT2D eigenvalue weighted by molar-refractivity contribution is 0.869. The number of aromatic nitrogens is 1. The third-order valence-corrected chi connectivity index (χ3v) is 2.59. The molecular weight excluding hydrogens is 202 g/mol. The van der Waals surface area contributed by atoms with Crippen molar-refractivity contribution in [3.63, 3.8) is 0 Å². The van der Waals surface area contributed by atoms with E-state index in [1.165, 1.54) is 11.3 Å².